The molecule has 1 fully saturated rings. The molecule has 0 saturated carbocycles. The second kappa shape index (κ2) is 6.29. The van der Waals surface area contributed by atoms with Gasteiger partial charge in [0.1, 0.15) is 0 Å². The number of sulfonamides is 1. The van der Waals surface area contributed by atoms with Gasteiger partial charge in [0.25, 0.3) is 0 Å². The Morgan fingerprint density at radius 3 is 2.28 bits per heavy atom. The van der Waals surface area contributed by atoms with Crippen molar-refractivity contribution in [3.8, 4) is 0 Å². The lowest BCUT2D eigenvalue weighted by molar-refractivity contribution is 0.423. The Labute approximate surface area is 109 Å². The molecule has 1 aromatic heterocycles. The van der Waals surface area contributed by atoms with E-state index in [0.29, 0.717) is 19.5 Å². The summed E-state index contributed by atoms with van der Waals surface area (Å²) in [6, 6.07) is 3.75. The molecule has 100 valence electrons. The lowest BCUT2D eigenvalue weighted by Crippen LogP contribution is -2.34. The van der Waals surface area contributed by atoms with E-state index in [1.54, 1.807) is 16.7 Å². The molecule has 0 aliphatic carbocycles. The van der Waals surface area contributed by atoms with Crippen LogP contribution in [-0.4, -0.2) is 36.5 Å². The van der Waals surface area contributed by atoms with Crippen molar-refractivity contribution in [2.24, 2.45) is 0 Å². The van der Waals surface area contributed by atoms with Crippen LogP contribution in [0.3, 0.4) is 0 Å². The van der Waals surface area contributed by atoms with Gasteiger partial charge in [-0.3, -0.25) is 4.98 Å². The Bertz CT molecular complexity index is 451. The molecule has 1 aliphatic rings. The highest BCUT2D eigenvalue weighted by Gasteiger charge is 2.22. The van der Waals surface area contributed by atoms with Gasteiger partial charge in [-0.15, -0.1) is 0 Å². The quantitative estimate of drug-likeness (QED) is 0.837. The summed E-state index contributed by atoms with van der Waals surface area (Å²) in [7, 11) is -3.09. The summed E-state index contributed by atoms with van der Waals surface area (Å²) in [4.78, 5) is 3.93. The Morgan fingerprint density at radius 2 is 1.67 bits per heavy atom. The van der Waals surface area contributed by atoms with Crippen LogP contribution in [0.2, 0.25) is 0 Å². The maximum Gasteiger partial charge on any atom is 0.214 e. The summed E-state index contributed by atoms with van der Waals surface area (Å²) in [6.07, 6.45) is 8.26. The first-order chi connectivity index (χ1) is 8.68. The van der Waals surface area contributed by atoms with Crippen LogP contribution in [0.4, 0.5) is 0 Å². The van der Waals surface area contributed by atoms with Gasteiger partial charge in [0.15, 0.2) is 0 Å². The molecule has 1 saturated heterocycles. The van der Waals surface area contributed by atoms with Crippen molar-refractivity contribution in [3.05, 3.63) is 30.1 Å². The molecule has 2 rings (SSSR count). The third-order valence-electron chi connectivity index (χ3n) is 3.36. The third-order valence-corrected chi connectivity index (χ3v) is 5.23. The van der Waals surface area contributed by atoms with Crippen LogP contribution in [-0.2, 0) is 16.4 Å². The molecule has 18 heavy (non-hydrogen) atoms. The van der Waals surface area contributed by atoms with Gasteiger partial charge in [-0.25, -0.2) is 12.7 Å². The van der Waals surface area contributed by atoms with Crippen LogP contribution in [0.25, 0.3) is 0 Å². The predicted octanol–water partition coefficient (Wildman–Crippen LogP) is 1.83. The molecule has 0 unspecified atom stereocenters. The van der Waals surface area contributed by atoms with Crippen molar-refractivity contribution in [3.63, 3.8) is 0 Å². The van der Waals surface area contributed by atoms with Crippen molar-refractivity contribution in [2.75, 3.05) is 18.8 Å². The molecule has 0 atom stereocenters. The summed E-state index contributed by atoms with van der Waals surface area (Å²) in [5.41, 5.74) is 1.03. The molecule has 4 nitrogen and oxygen atoms in total. The summed E-state index contributed by atoms with van der Waals surface area (Å²) in [5.74, 6) is 0.205. The van der Waals surface area contributed by atoms with Gasteiger partial charge in [-0.1, -0.05) is 12.8 Å². The number of hydrogen-bond acceptors (Lipinski definition) is 3. The van der Waals surface area contributed by atoms with Crippen LogP contribution in [0.1, 0.15) is 31.2 Å². The molecule has 1 aliphatic heterocycles. The largest absolute Gasteiger partial charge is 0.265 e. The minimum absolute atomic E-state index is 0.205. The number of aromatic nitrogens is 1. The zero-order valence-corrected chi connectivity index (χ0v) is 11.4. The van der Waals surface area contributed by atoms with Crippen LogP contribution < -0.4 is 0 Å². The molecule has 0 radical (unpaired) electrons. The number of aryl methyl sites for hydroxylation is 1. The lowest BCUT2D eigenvalue weighted by atomic mass is 10.2. The summed E-state index contributed by atoms with van der Waals surface area (Å²) in [5, 5.41) is 0. The summed E-state index contributed by atoms with van der Waals surface area (Å²) >= 11 is 0. The van der Waals surface area contributed by atoms with E-state index in [1.807, 2.05) is 12.1 Å². The van der Waals surface area contributed by atoms with Gasteiger partial charge >= 0.3 is 0 Å². The fourth-order valence-electron chi connectivity index (χ4n) is 2.25. The molecular formula is C13H20N2O2S. The van der Waals surface area contributed by atoms with Crippen molar-refractivity contribution in [2.45, 2.75) is 32.1 Å². The molecule has 1 aromatic rings. The molecule has 0 aromatic carbocycles. The van der Waals surface area contributed by atoms with Gasteiger partial charge in [-0.05, 0) is 37.0 Å². The average Bonchev–Trinajstić information content (AvgIpc) is 2.67. The molecule has 0 bridgehead atoms. The molecule has 0 amide bonds. The van der Waals surface area contributed by atoms with E-state index in [2.05, 4.69) is 4.98 Å². The first-order valence-electron chi connectivity index (χ1n) is 6.55. The van der Waals surface area contributed by atoms with Gasteiger partial charge < -0.3 is 0 Å². The van der Waals surface area contributed by atoms with Crippen LogP contribution >= 0.6 is 0 Å². The lowest BCUT2D eigenvalue weighted by Gasteiger charge is -2.19. The minimum Gasteiger partial charge on any atom is -0.265 e. The topological polar surface area (TPSA) is 50.3 Å². The average molecular weight is 268 g/mol. The molecule has 5 heteroatoms. The normalized spacial score (nSPS) is 18.4. The van der Waals surface area contributed by atoms with Crippen LogP contribution in [0.15, 0.2) is 24.5 Å². The Morgan fingerprint density at radius 1 is 1.06 bits per heavy atom. The van der Waals surface area contributed by atoms with E-state index >= 15 is 0 Å². The van der Waals surface area contributed by atoms with Crippen molar-refractivity contribution < 1.29 is 8.42 Å². The molecule has 2 heterocycles. The van der Waals surface area contributed by atoms with Crippen LogP contribution in [0, 0.1) is 0 Å². The first-order valence-corrected chi connectivity index (χ1v) is 8.16. The van der Waals surface area contributed by atoms with Gasteiger partial charge in [0, 0.05) is 25.5 Å². The zero-order valence-electron chi connectivity index (χ0n) is 10.6. The van der Waals surface area contributed by atoms with Crippen molar-refractivity contribution in [1.29, 1.82) is 0 Å². The smallest absolute Gasteiger partial charge is 0.214 e. The van der Waals surface area contributed by atoms with E-state index in [0.717, 1.165) is 31.2 Å². The standard InChI is InChI=1S/C13H20N2O2S/c16-18(17,15-10-3-1-2-4-11-15)12-7-13-5-8-14-9-6-13/h5-6,8-9H,1-4,7,10-12H2. The minimum atomic E-state index is -3.09. The van der Waals surface area contributed by atoms with E-state index in [-0.39, 0.29) is 5.75 Å². The van der Waals surface area contributed by atoms with Crippen LogP contribution in [0.5, 0.6) is 0 Å². The monoisotopic (exact) mass is 268 g/mol. The zero-order chi connectivity index (χ0) is 12.8. The molecule has 0 N–H and O–H groups in total. The van der Waals surface area contributed by atoms with Crippen molar-refractivity contribution >= 4 is 10.0 Å². The molecule has 0 spiro atoms. The summed E-state index contributed by atoms with van der Waals surface area (Å²) < 4.78 is 26.1. The highest BCUT2D eigenvalue weighted by molar-refractivity contribution is 7.89. The highest BCUT2D eigenvalue weighted by atomic mass is 32.2. The highest BCUT2D eigenvalue weighted by Crippen LogP contribution is 2.14. The fraction of sp³-hybridized carbons (Fsp3) is 0.615. The summed E-state index contributed by atoms with van der Waals surface area (Å²) in [6.45, 7) is 1.39. The predicted molar refractivity (Wildman–Crippen MR) is 71.8 cm³/mol. The number of hydrogen-bond donors (Lipinski definition) is 0. The first kappa shape index (κ1) is 13.5. The van der Waals surface area contributed by atoms with Gasteiger partial charge in [0.2, 0.25) is 10.0 Å². The van der Waals surface area contributed by atoms with E-state index < -0.39 is 10.0 Å². The SMILES string of the molecule is O=S(=O)(CCc1ccncc1)N1CCCCCC1. The maximum absolute atomic E-state index is 12.2. The Kier molecular flexibility index (Phi) is 4.72. The maximum atomic E-state index is 12.2. The van der Waals surface area contributed by atoms with Gasteiger partial charge in [0.05, 0.1) is 5.75 Å². The fourth-order valence-corrected chi connectivity index (χ4v) is 3.81. The third kappa shape index (κ3) is 3.78. The van der Waals surface area contributed by atoms with E-state index in [9.17, 15) is 8.42 Å². The number of rotatable bonds is 4. The Balaban J connectivity index is 1.94. The second-order valence-electron chi connectivity index (χ2n) is 4.73. The van der Waals surface area contributed by atoms with E-state index in [4.69, 9.17) is 0 Å². The van der Waals surface area contributed by atoms with Gasteiger partial charge in [-0.2, -0.15) is 0 Å². The van der Waals surface area contributed by atoms with E-state index in [1.165, 1.54) is 0 Å². The Hall–Kier alpha value is -0.940. The number of nitrogens with zero attached hydrogens (tertiary/aromatic N) is 2. The van der Waals surface area contributed by atoms with Crippen molar-refractivity contribution in [1.82, 2.24) is 9.29 Å². The molecular weight excluding hydrogens is 248 g/mol. The second-order valence-corrected chi connectivity index (χ2v) is 6.82. The number of pyridine rings is 1.